The first-order chi connectivity index (χ1) is 5.63. The highest BCUT2D eigenvalue weighted by Gasteiger charge is 2.53. The number of rotatable bonds is 0. The molecule has 0 bridgehead atoms. The summed E-state index contributed by atoms with van der Waals surface area (Å²) in [6.07, 6.45) is 2.42. The molecule has 78 valence electrons. The van der Waals surface area contributed by atoms with Crippen molar-refractivity contribution in [3.05, 3.63) is 0 Å². The Bertz CT molecular complexity index is 201. The summed E-state index contributed by atoms with van der Waals surface area (Å²) in [7, 11) is 0. The van der Waals surface area contributed by atoms with Gasteiger partial charge in [0.05, 0.1) is 0 Å². The van der Waals surface area contributed by atoms with Crippen molar-refractivity contribution in [3.8, 4) is 0 Å². The van der Waals surface area contributed by atoms with Crippen molar-refractivity contribution in [3.63, 3.8) is 0 Å². The summed E-state index contributed by atoms with van der Waals surface area (Å²) in [6.45, 7) is 13.9. The Labute approximate surface area is 83.1 Å². The molecule has 0 aromatic carbocycles. The summed E-state index contributed by atoms with van der Waals surface area (Å²) in [5.74, 6) is 0.777. The van der Waals surface area contributed by atoms with Crippen LogP contribution in [0.2, 0.25) is 0 Å². The molecular weight excluding hydrogens is 158 g/mol. The van der Waals surface area contributed by atoms with Crippen molar-refractivity contribution in [2.45, 2.75) is 59.9 Å². The molecule has 0 spiro atoms. The first-order valence-electron chi connectivity index (χ1n) is 5.42. The van der Waals surface area contributed by atoms with E-state index in [1.807, 2.05) is 0 Å². The zero-order valence-electron chi connectivity index (χ0n) is 10.1. The van der Waals surface area contributed by atoms with E-state index in [-0.39, 0.29) is 11.0 Å². The van der Waals surface area contributed by atoms with E-state index < -0.39 is 0 Å². The Morgan fingerprint density at radius 3 is 1.92 bits per heavy atom. The molecule has 1 rings (SSSR count). The van der Waals surface area contributed by atoms with Crippen molar-refractivity contribution in [2.75, 3.05) is 0 Å². The average molecular weight is 183 g/mol. The molecular formula is C12H25N. The molecule has 2 N–H and O–H groups in total. The lowest BCUT2D eigenvalue weighted by Crippen LogP contribution is -2.61. The third kappa shape index (κ3) is 1.32. The van der Waals surface area contributed by atoms with Gasteiger partial charge in [0.2, 0.25) is 0 Å². The van der Waals surface area contributed by atoms with E-state index in [9.17, 15) is 0 Å². The molecule has 0 heterocycles. The van der Waals surface area contributed by atoms with E-state index in [0.717, 1.165) is 12.3 Å². The summed E-state index contributed by atoms with van der Waals surface area (Å²) >= 11 is 0. The molecule has 1 aliphatic carbocycles. The molecule has 0 aromatic rings. The van der Waals surface area contributed by atoms with Gasteiger partial charge in [-0.3, -0.25) is 0 Å². The molecule has 1 heteroatoms. The highest BCUT2D eigenvalue weighted by atomic mass is 14.8. The highest BCUT2D eigenvalue weighted by molar-refractivity contribution is 5.07. The standard InChI is InChI=1S/C12H25N/c1-9-7-8-12(6,13)11(4,5)10(9,2)3/h9H,7-8,13H2,1-6H3. The van der Waals surface area contributed by atoms with Crippen LogP contribution >= 0.6 is 0 Å². The zero-order valence-corrected chi connectivity index (χ0v) is 10.1. The van der Waals surface area contributed by atoms with Gasteiger partial charge in [-0.25, -0.2) is 0 Å². The largest absolute Gasteiger partial charge is 0.325 e. The summed E-state index contributed by atoms with van der Waals surface area (Å²) in [5.41, 5.74) is 6.94. The van der Waals surface area contributed by atoms with Gasteiger partial charge in [0, 0.05) is 5.54 Å². The van der Waals surface area contributed by atoms with E-state index in [2.05, 4.69) is 41.5 Å². The van der Waals surface area contributed by atoms with E-state index in [1.165, 1.54) is 6.42 Å². The van der Waals surface area contributed by atoms with E-state index in [1.54, 1.807) is 0 Å². The van der Waals surface area contributed by atoms with Gasteiger partial charge in [0.25, 0.3) is 0 Å². The zero-order chi connectivity index (χ0) is 10.5. The summed E-state index contributed by atoms with van der Waals surface area (Å²) in [6, 6.07) is 0. The Kier molecular flexibility index (Phi) is 2.31. The first kappa shape index (κ1) is 11.0. The van der Waals surface area contributed by atoms with Crippen LogP contribution in [0.1, 0.15) is 54.4 Å². The molecule has 1 fully saturated rings. The van der Waals surface area contributed by atoms with Crippen LogP contribution in [0.5, 0.6) is 0 Å². The van der Waals surface area contributed by atoms with E-state index >= 15 is 0 Å². The maximum absolute atomic E-state index is 6.39. The fourth-order valence-electron chi connectivity index (χ4n) is 2.54. The Balaban J connectivity index is 3.07. The highest BCUT2D eigenvalue weighted by Crippen LogP contribution is 2.56. The molecule has 1 nitrogen and oxygen atoms in total. The van der Waals surface area contributed by atoms with Crippen LogP contribution in [-0.4, -0.2) is 5.54 Å². The van der Waals surface area contributed by atoms with Gasteiger partial charge in [-0.2, -0.15) is 0 Å². The minimum absolute atomic E-state index is 0.0109. The van der Waals surface area contributed by atoms with Crippen LogP contribution < -0.4 is 5.73 Å². The SMILES string of the molecule is CC1CCC(C)(N)C(C)(C)C1(C)C. The molecule has 2 atom stereocenters. The Hall–Kier alpha value is -0.0400. The van der Waals surface area contributed by atoms with Crippen LogP contribution in [0, 0.1) is 16.7 Å². The predicted molar refractivity (Wildman–Crippen MR) is 58.6 cm³/mol. The normalized spacial score (nSPS) is 43.2. The maximum Gasteiger partial charge on any atom is 0.0182 e. The van der Waals surface area contributed by atoms with Crippen LogP contribution in [0.3, 0.4) is 0 Å². The molecule has 0 amide bonds. The van der Waals surface area contributed by atoms with Crippen LogP contribution in [0.15, 0.2) is 0 Å². The van der Waals surface area contributed by atoms with Crippen molar-refractivity contribution < 1.29 is 0 Å². The third-order valence-corrected chi connectivity index (χ3v) is 5.37. The molecule has 2 unspecified atom stereocenters. The lowest BCUT2D eigenvalue weighted by atomic mass is 9.48. The number of hydrogen-bond donors (Lipinski definition) is 1. The Morgan fingerprint density at radius 1 is 1.08 bits per heavy atom. The van der Waals surface area contributed by atoms with Gasteiger partial charge in [0.1, 0.15) is 0 Å². The summed E-state index contributed by atoms with van der Waals surface area (Å²) < 4.78 is 0. The Morgan fingerprint density at radius 2 is 1.54 bits per heavy atom. The smallest absolute Gasteiger partial charge is 0.0182 e. The van der Waals surface area contributed by atoms with Gasteiger partial charge in [-0.15, -0.1) is 0 Å². The topological polar surface area (TPSA) is 26.0 Å². The molecule has 1 aliphatic rings. The lowest BCUT2D eigenvalue weighted by Gasteiger charge is -2.59. The quantitative estimate of drug-likeness (QED) is 0.613. The van der Waals surface area contributed by atoms with Crippen molar-refractivity contribution in [1.82, 2.24) is 0 Å². The van der Waals surface area contributed by atoms with Crippen molar-refractivity contribution in [1.29, 1.82) is 0 Å². The second-order valence-electron chi connectivity index (χ2n) is 6.20. The second kappa shape index (κ2) is 2.73. The third-order valence-electron chi connectivity index (χ3n) is 5.37. The molecule has 0 radical (unpaired) electrons. The number of hydrogen-bond acceptors (Lipinski definition) is 1. The lowest BCUT2D eigenvalue weighted by molar-refractivity contribution is -0.0607. The van der Waals surface area contributed by atoms with Crippen molar-refractivity contribution >= 4 is 0 Å². The van der Waals surface area contributed by atoms with Gasteiger partial charge < -0.3 is 5.73 Å². The predicted octanol–water partition coefficient (Wildman–Crippen LogP) is 3.19. The van der Waals surface area contributed by atoms with Crippen molar-refractivity contribution in [2.24, 2.45) is 22.5 Å². The van der Waals surface area contributed by atoms with E-state index in [4.69, 9.17) is 5.73 Å². The molecule has 0 aromatic heterocycles. The second-order valence-corrected chi connectivity index (χ2v) is 6.20. The van der Waals surface area contributed by atoms with Gasteiger partial charge >= 0.3 is 0 Å². The van der Waals surface area contributed by atoms with Gasteiger partial charge in [-0.05, 0) is 36.5 Å². The van der Waals surface area contributed by atoms with Gasteiger partial charge in [0.15, 0.2) is 0 Å². The fraction of sp³-hybridized carbons (Fsp3) is 1.00. The summed E-state index contributed by atoms with van der Waals surface area (Å²) in [4.78, 5) is 0. The monoisotopic (exact) mass is 183 g/mol. The van der Waals surface area contributed by atoms with Crippen LogP contribution in [-0.2, 0) is 0 Å². The molecule has 13 heavy (non-hydrogen) atoms. The minimum atomic E-state index is -0.0109. The van der Waals surface area contributed by atoms with Crippen LogP contribution in [0.4, 0.5) is 0 Å². The van der Waals surface area contributed by atoms with Crippen LogP contribution in [0.25, 0.3) is 0 Å². The molecule has 1 saturated carbocycles. The molecule has 0 saturated heterocycles. The first-order valence-corrected chi connectivity index (χ1v) is 5.42. The maximum atomic E-state index is 6.39. The summed E-state index contributed by atoms with van der Waals surface area (Å²) in [5, 5.41) is 0. The van der Waals surface area contributed by atoms with Gasteiger partial charge in [-0.1, -0.05) is 34.6 Å². The fourth-order valence-corrected chi connectivity index (χ4v) is 2.54. The van der Waals surface area contributed by atoms with E-state index in [0.29, 0.717) is 5.41 Å². The minimum Gasteiger partial charge on any atom is -0.325 e. The molecule has 0 aliphatic heterocycles. The number of nitrogens with two attached hydrogens (primary N) is 1. The average Bonchev–Trinajstić information content (AvgIpc) is 1.97.